The summed E-state index contributed by atoms with van der Waals surface area (Å²) in [5.74, 6) is -1.32. The van der Waals surface area contributed by atoms with Crippen molar-refractivity contribution in [3.63, 3.8) is 0 Å². The second-order valence-corrected chi connectivity index (χ2v) is 7.79. The smallest absolute Gasteiger partial charge is 0.346 e. The molecule has 27 heavy (non-hydrogen) atoms. The molecule has 0 bridgehead atoms. The lowest BCUT2D eigenvalue weighted by Gasteiger charge is -2.09. The molecule has 2 N–H and O–H groups in total. The zero-order chi connectivity index (χ0) is 19.4. The Morgan fingerprint density at radius 1 is 1.30 bits per heavy atom. The summed E-state index contributed by atoms with van der Waals surface area (Å²) < 4.78 is 28.8. The van der Waals surface area contributed by atoms with Gasteiger partial charge in [0.25, 0.3) is 10.0 Å². The number of sulfonamides is 1. The van der Waals surface area contributed by atoms with Gasteiger partial charge >= 0.3 is 5.97 Å². The van der Waals surface area contributed by atoms with Crippen LogP contribution in [0.5, 0.6) is 0 Å². The highest BCUT2D eigenvalue weighted by atomic mass is 32.2. The van der Waals surface area contributed by atoms with Crippen LogP contribution in [0.3, 0.4) is 0 Å². The van der Waals surface area contributed by atoms with Gasteiger partial charge in [-0.15, -0.1) is 11.3 Å². The minimum Gasteiger partial charge on any atom is -0.477 e. The Balaban J connectivity index is 1.90. The maximum atomic E-state index is 12.4. The molecular formula is C17H12N4O4S2. The van der Waals surface area contributed by atoms with E-state index < -0.39 is 21.6 Å². The number of hydrogen-bond acceptors (Lipinski definition) is 6. The predicted octanol–water partition coefficient (Wildman–Crippen LogP) is 2.73. The predicted molar refractivity (Wildman–Crippen MR) is 99.9 cm³/mol. The summed E-state index contributed by atoms with van der Waals surface area (Å²) in [6.45, 7) is 0. The zero-order valence-corrected chi connectivity index (χ0v) is 15.2. The van der Waals surface area contributed by atoms with E-state index in [1.54, 1.807) is 46.5 Å². The van der Waals surface area contributed by atoms with Crippen molar-refractivity contribution in [3.8, 4) is 11.8 Å². The lowest BCUT2D eigenvalue weighted by molar-refractivity contribution is -0.132. The Kier molecular flexibility index (Phi) is 5.07. The Morgan fingerprint density at radius 2 is 2.04 bits per heavy atom. The highest BCUT2D eigenvalue weighted by molar-refractivity contribution is 7.93. The van der Waals surface area contributed by atoms with Gasteiger partial charge in [-0.3, -0.25) is 4.72 Å². The van der Waals surface area contributed by atoms with Crippen LogP contribution in [-0.4, -0.2) is 29.0 Å². The largest absolute Gasteiger partial charge is 0.477 e. The SMILES string of the molecule is N#C/C(=C\c1cccn1-c1ccc(S(=O)(=O)Nc2nccs2)cc1)C(=O)O. The van der Waals surface area contributed by atoms with Crippen molar-refractivity contribution in [1.29, 1.82) is 5.26 Å². The maximum absolute atomic E-state index is 12.4. The number of carbonyl (C=O) groups is 1. The van der Waals surface area contributed by atoms with Crippen molar-refractivity contribution in [1.82, 2.24) is 9.55 Å². The van der Waals surface area contributed by atoms with Gasteiger partial charge in [0.15, 0.2) is 5.13 Å². The van der Waals surface area contributed by atoms with Crippen molar-refractivity contribution in [3.05, 3.63) is 65.4 Å². The molecule has 0 amide bonds. The molecule has 0 atom stereocenters. The quantitative estimate of drug-likeness (QED) is 0.484. The van der Waals surface area contributed by atoms with Crippen molar-refractivity contribution in [2.75, 3.05) is 4.72 Å². The number of nitrogens with zero attached hydrogens (tertiary/aromatic N) is 3. The zero-order valence-electron chi connectivity index (χ0n) is 13.6. The van der Waals surface area contributed by atoms with Gasteiger partial charge in [-0.05, 0) is 42.5 Å². The minimum absolute atomic E-state index is 0.0638. The van der Waals surface area contributed by atoms with Gasteiger partial charge in [-0.25, -0.2) is 18.2 Å². The fourth-order valence-electron chi connectivity index (χ4n) is 2.27. The number of hydrogen-bond donors (Lipinski definition) is 2. The van der Waals surface area contributed by atoms with Crippen LogP contribution in [0.2, 0.25) is 0 Å². The molecule has 0 saturated carbocycles. The van der Waals surface area contributed by atoms with Crippen molar-refractivity contribution in [2.24, 2.45) is 0 Å². The summed E-state index contributed by atoms with van der Waals surface area (Å²) in [4.78, 5) is 15.0. The summed E-state index contributed by atoms with van der Waals surface area (Å²) in [5.41, 5.74) is 0.689. The number of carboxylic acid groups (broad SMARTS) is 1. The summed E-state index contributed by atoms with van der Waals surface area (Å²) in [7, 11) is -3.76. The topological polar surface area (TPSA) is 125 Å². The van der Waals surface area contributed by atoms with E-state index in [0.717, 1.165) is 0 Å². The molecule has 1 aromatic carbocycles. The molecule has 0 radical (unpaired) electrons. The third kappa shape index (κ3) is 4.05. The molecule has 0 unspecified atom stereocenters. The monoisotopic (exact) mass is 400 g/mol. The minimum atomic E-state index is -3.76. The molecule has 10 heteroatoms. The number of aromatic nitrogens is 2. The number of thiazole rings is 1. The van der Waals surface area contributed by atoms with Crippen LogP contribution in [0.15, 0.2) is 64.6 Å². The molecule has 8 nitrogen and oxygen atoms in total. The van der Waals surface area contributed by atoms with Crippen molar-refractivity contribution in [2.45, 2.75) is 4.90 Å². The summed E-state index contributed by atoms with van der Waals surface area (Å²) >= 11 is 1.17. The number of nitrogens with one attached hydrogen (secondary N) is 1. The summed E-state index contributed by atoms with van der Waals surface area (Å²) in [6.07, 6.45) is 4.43. The van der Waals surface area contributed by atoms with Gasteiger partial charge in [0, 0.05) is 29.2 Å². The van der Waals surface area contributed by atoms with E-state index in [2.05, 4.69) is 9.71 Å². The van der Waals surface area contributed by atoms with Gasteiger partial charge in [0.05, 0.1) is 4.90 Å². The van der Waals surface area contributed by atoms with Gasteiger partial charge in [-0.1, -0.05) is 0 Å². The molecule has 0 spiro atoms. The number of nitriles is 1. The number of rotatable bonds is 6. The van der Waals surface area contributed by atoms with Crippen LogP contribution in [0.4, 0.5) is 5.13 Å². The van der Waals surface area contributed by atoms with E-state index in [9.17, 15) is 13.2 Å². The van der Waals surface area contributed by atoms with E-state index in [-0.39, 0.29) is 10.0 Å². The fourth-order valence-corrected chi connectivity index (χ4v) is 4.06. The highest BCUT2D eigenvalue weighted by Gasteiger charge is 2.16. The Morgan fingerprint density at radius 3 is 2.63 bits per heavy atom. The summed E-state index contributed by atoms with van der Waals surface area (Å²) in [6, 6.07) is 11.0. The Bertz CT molecular complexity index is 1140. The first-order valence-corrected chi connectivity index (χ1v) is 9.82. The van der Waals surface area contributed by atoms with Crippen molar-refractivity contribution >= 4 is 38.5 Å². The van der Waals surface area contributed by atoms with Crippen LogP contribution in [0.1, 0.15) is 5.69 Å². The summed E-state index contributed by atoms with van der Waals surface area (Å²) in [5, 5.41) is 19.8. The molecule has 0 fully saturated rings. The van der Waals surface area contributed by atoms with Crippen LogP contribution in [0, 0.1) is 11.3 Å². The fraction of sp³-hybridized carbons (Fsp3) is 0. The van der Waals surface area contributed by atoms with E-state index in [0.29, 0.717) is 11.4 Å². The van der Waals surface area contributed by atoms with Crippen molar-refractivity contribution < 1.29 is 18.3 Å². The van der Waals surface area contributed by atoms with E-state index in [4.69, 9.17) is 10.4 Å². The van der Waals surface area contributed by atoms with Crippen LogP contribution in [-0.2, 0) is 14.8 Å². The van der Waals surface area contributed by atoms with Gasteiger partial charge in [0.1, 0.15) is 11.6 Å². The molecule has 3 rings (SSSR count). The van der Waals surface area contributed by atoms with E-state index in [1.807, 2.05) is 0 Å². The molecule has 2 heterocycles. The van der Waals surface area contributed by atoms with Gasteiger partial charge in [0.2, 0.25) is 0 Å². The molecule has 3 aromatic rings. The second-order valence-electron chi connectivity index (χ2n) is 5.21. The molecule has 0 aliphatic carbocycles. The van der Waals surface area contributed by atoms with Crippen LogP contribution < -0.4 is 4.72 Å². The van der Waals surface area contributed by atoms with Gasteiger partial charge < -0.3 is 9.67 Å². The second kappa shape index (κ2) is 7.45. The first-order valence-electron chi connectivity index (χ1n) is 7.46. The molecule has 2 aromatic heterocycles. The maximum Gasteiger partial charge on any atom is 0.346 e. The first kappa shape index (κ1) is 18.4. The molecule has 0 saturated heterocycles. The molecule has 0 aliphatic heterocycles. The standard InChI is InChI=1S/C17H12N4O4S2/c18-11-12(16(22)23)10-14-2-1-8-21(14)13-3-5-15(6-4-13)27(24,25)20-17-19-7-9-26-17/h1-10H,(H,19,20)(H,22,23)/b12-10+. The van der Waals surface area contributed by atoms with Gasteiger partial charge in [-0.2, -0.15) is 5.26 Å². The average molecular weight is 400 g/mol. The van der Waals surface area contributed by atoms with Crippen LogP contribution >= 0.6 is 11.3 Å². The molecule has 136 valence electrons. The molecule has 0 aliphatic rings. The highest BCUT2D eigenvalue weighted by Crippen LogP contribution is 2.21. The third-order valence-electron chi connectivity index (χ3n) is 3.50. The Labute approximate surface area is 158 Å². The first-order chi connectivity index (χ1) is 12.9. The number of benzene rings is 1. The number of aliphatic carboxylic acids is 1. The van der Waals surface area contributed by atoms with E-state index >= 15 is 0 Å². The van der Waals surface area contributed by atoms with Crippen LogP contribution in [0.25, 0.3) is 11.8 Å². The Hall–Kier alpha value is -3.42. The molecular weight excluding hydrogens is 388 g/mol. The number of anilines is 1. The van der Waals surface area contributed by atoms with E-state index in [1.165, 1.54) is 35.7 Å². The lowest BCUT2D eigenvalue weighted by atomic mass is 10.2. The third-order valence-corrected chi connectivity index (χ3v) is 5.68. The average Bonchev–Trinajstić information content (AvgIpc) is 3.30. The number of carboxylic acids is 1. The normalized spacial score (nSPS) is 11.7. The lowest BCUT2D eigenvalue weighted by Crippen LogP contribution is -2.12.